The van der Waals surface area contributed by atoms with Gasteiger partial charge in [0.25, 0.3) is 5.78 Å². The van der Waals surface area contributed by atoms with Crippen molar-refractivity contribution in [2.75, 3.05) is 12.0 Å². The van der Waals surface area contributed by atoms with Crippen LogP contribution in [-0.4, -0.2) is 34.9 Å². The van der Waals surface area contributed by atoms with E-state index >= 15 is 0 Å². The van der Waals surface area contributed by atoms with E-state index in [4.69, 9.17) is 9.47 Å². The molecule has 1 saturated heterocycles. The van der Waals surface area contributed by atoms with Crippen LogP contribution in [0.3, 0.4) is 0 Å². The first kappa shape index (κ1) is 28.8. The van der Waals surface area contributed by atoms with Gasteiger partial charge in [0, 0.05) is 5.56 Å². The van der Waals surface area contributed by atoms with Crippen LogP contribution >= 0.6 is 11.3 Å². The highest BCUT2D eigenvalue weighted by Gasteiger charge is 2.48. The van der Waals surface area contributed by atoms with E-state index in [0.717, 1.165) is 34.4 Å². The second-order valence-electron chi connectivity index (χ2n) is 9.97. The lowest BCUT2D eigenvalue weighted by atomic mass is 9.94. The minimum atomic E-state index is -0.954. The van der Waals surface area contributed by atoms with Gasteiger partial charge in [-0.2, -0.15) is 0 Å². The van der Waals surface area contributed by atoms with Crippen LogP contribution < -0.4 is 9.64 Å². The maximum Gasteiger partial charge on any atom is 0.350 e. The van der Waals surface area contributed by atoms with Crippen molar-refractivity contribution < 1.29 is 29.0 Å². The minimum absolute atomic E-state index is 0.0647. The van der Waals surface area contributed by atoms with Gasteiger partial charge >= 0.3 is 11.9 Å². The van der Waals surface area contributed by atoms with E-state index in [2.05, 4.69) is 4.98 Å². The molecule has 0 aliphatic carbocycles. The summed E-state index contributed by atoms with van der Waals surface area (Å²) in [5.41, 5.74) is 4.55. The summed E-state index contributed by atoms with van der Waals surface area (Å²) in [5, 5.41) is 11.6. The molecule has 8 nitrogen and oxygen atoms in total. The van der Waals surface area contributed by atoms with E-state index in [1.54, 1.807) is 31.2 Å². The van der Waals surface area contributed by atoms with Gasteiger partial charge < -0.3 is 14.6 Å². The Hall–Kier alpha value is -4.76. The molecule has 1 N–H and O–H groups in total. The van der Waals surface area contributed by atoms with Crippen molar-refractivity contribution in [1.82, 2.24) is 4.98 Å². The molecule has 0 saturated carbocycles. The summed E-state index contributed by atoms with van der Waals surface area (Å²) in [6.45, 7) is 6.06. The van der Waals surface area contributed by atoms with Gasteiger partial charge in [-0.05, 0) is 61.2 Å². The van der Waals surface area contributed by atoms with Gasteiger partial charge in [0.15, 0.2) is 5.13 Å². The molecule has 1 aliphatic rings. The predicted octanol–water partition coefficient (Wildman–Crippen LogP) is 6.31. The van der Waals surface area contributed by atoms with Crippen molar-refractivity contribution in [3.8, 4) is 5.75 Å². The minimum Gasteiger partial charge on any atom is -0.507 e. The van der Waals surface area contributed by atoms with Crippen molar-refractivity contribution >= 4 is 39.9 Å². The van der Waals surface area contributed by atoms with E-state index in [9.17, 15) is 19.5 Å². The zero-order chi connectivity index (χ0) is 30.0. The molecule has 1 fully saturated rings. The van der Waals surface area contributed by atoms with Crippen LogP contribution in [0.5, 0.6) is 5.75 Å². The summed E-state index contributed by atoms with van der Waals surface area (Å²) in [6.07, 6.45) is 0.812. The maximum absolute atomic E-state index is 13.5. The fourth-order valence-corrected chi connectivity index (χ4v) is 5.89. The second kappa shape index (κ2) is 12.0. The van der Waals surface area contributed by atoms with Crippen LogP contribution in [0, 0.1) is 13.8 Å². The standard InChI is InChI=1S/C33H30N2O6S/c1-5-21-9-11-23(12-10-21)27-26(29(37)31(38)35(27)33-34-20(3)30(42-33)32(39)40-4)28(36)24-13-15-25(16-14-24)41-18-22-8-6-7-19(2)17-22/h6-17,27,36H,5,18H2,1-4H3. The molecule has 1 aliphatic heterocycles. The van der Waals surface area contributed by atoms with Crippen molar-refractivity contribution in [3.05, 3.63) is 117 Å². The molecule has 2 heterocycles. The van der Waals surface area contributed by atoms with E-state index in [1.807, 2.05) is 62.4 Å². The highest BCUT2D eigenvalue weighted by molar-refractivity contribution is 7.17. The third-order valence-electron chi connectivity index (χ3n) is 7.13. The monoisotopic (exact) mass is 582 g/mol. The fraction of sp³-hybridized carbons (Fsp3) is 0.212. The molecule has 1 atom stereocenters. The summed E-state index contributed by atoms with van der Waals surface area (Å²) in [5.74, 6) is -1.99. The van der Waals surface area contributed by atoms with Crippen molar-refractivity contribution in [2.45, 2.75) is 39.8 Å². The molecule has 1 amide bonds. The Labute approximate surface area is 247 Å². The Balaban J connectivity index is 1.53. The summed E-state index contributed by atoms with van der Waals surface area (Å²) >= 11 is 0.964. The number of aryl methyl sites for hydroxylation is 3. The number of aliphatic hydroxyl groups is 1. The Bertz CT molecular complexity index is 1690. The number of anilines is 1. The average Bonchev–Trinajstić information content (AvgIpc) is 3.51. The van der Waals surface area contributed by atoms with Crippen molar-refractivity contribution in [1.29, 1.82) is 0 Å². The number of rotatable bonds is 8. The van der Waals surface area contributed by atoms with E-state index in [1.165, 1.54) is 12.0 Å². The Morgan fingerprint density at radius 1 is 1.00 bits per heavy atom. The van der Waals surface area contributed by atoms with Gasteiger partial charge in [-0.15, -0.1) is 0 Å². The van der Waals surface area contributed by atoms with Crippen LogP contribution in [0.1, 0.15) is 56.1 Å². The number of aromatic nitrogens is 1. The number of aliphatic hydroxyl groups excluding tert-OH is 1. The van der Waals surface area contributed by atoms with Crippen molar-refractivity contribution in [3.63, 3.8) is 0 Å². The topological polar surface area (TPSA) is 106 Å². The first-order valence-electron chi connectivity index (χ1n) is 13.5. The van der Waals surface area contributed by atoms with Gasteiger partial charge in [-0.25, -0.2) is 9.78 Å². The molecule has 42 heavy (non-hydrogen) atoms. The lowest BCUT2D eigenvalue weighted by Crippen LogP contribution is -2.29. The number of nitrogens with zero attached hydrogens (tertiary/aromatic N) is 2. The predicted molar refractivity (Wildman–Crippen MR) is 161 cm³/mol. The van der Waals surface area contributed by atoms with Crippen LogP contribution in [0.25, 0.3) is 5.76 Å². The molecule has 3 aromatic carbocycles. The van der Waals surface area contributed by atoms with Crippen LogP contribution in [0.4, 0.5) is 5.13 Å². The van der Waals surface area contributed by atoms with Crippen LogP contribution in [0.15, 0.2) is 78.4 Å². The molecule has 9 heteroatoms. The number of Topliss-reactive ketones (excluding diaryl/α,β-unsaturated/α-hetero) is 1. The Morgan fingerprint density at radius 3 is 2.36 bits per heavy atom. The average molecular weight is 583 g/mol. The normalized spacial score (nSPS) is 16.1. The number of ketones is 1. The van der Waals surface area contributed by atoms with Crippen LogP contribution in [0.2, 0.25) is 0 Å². The number of ether oxygens (including phenoxy) is 2. The lowest BCUT2D eigenvalue weighted by Gasteiger charge is -2.23. The number of benzene rings is 3. The molecular formula is C33H30N2O6S. The maximum atomic E-state index is 13.5. The first-order valence-corrected chi connectivity index (χ1v) is 14.3. The summed E-state index contributed by atoms with van der Waals surface area (Å²) in [6, 6.07) is 21.3. The molecule has 5 rings (SSSR count). The summed E-state index contributed by atoms with van der Waals surface area (Å²) in [7, 11) is 1.27. The van der Waals surface area contributed by atoms with E-state index < -0.39 is 23.7 Å². The molecule has 0 bridgehead atoms. The van der Waals surface area contributed by atoms with Crippen LogP contribution in [-0.2, 0) is 27.4 Å². The van der Waals surface area contributed by atoms with Gasteiger partial charge in [0.05, 0.1) is 24.4 Å². The zero-order valence-electron chi connectivity index (χ0n) is 23.7. The van der Waals surface area contributed by atoms with Gasteiger partial charge in [0.1, 0.15) is 23.0 Å². The van der Waals surface area contributed by atoms with E-state index in [0.29, 0.717) is 29.2 Å². The second-order valence-corrected chi connectivity index (χ2v) is 10.9. The summed E-state index contributed by atoms with van der Waals surface area (Å²) < 4.78 is 10.8. The molecule has 0 spiro atoms. The number of hydrogen-bond donors (Lipinski definition) is 1. The third-order valence-corrected chi connectivity index (χ3v) is 8.26. The highest BCUT2D eigenvalue weighted by Crippen LogP contribution is 2.44. The van der Waals surface area contributed by atoms with Crippen molar-refractivity contribution in [2.24, 2.45) is 0 Å². The Kier molecular flexibility index (Phi) is 8.22. The number of carbonyl (C=O) groups excluding carboxylic acids is 3. The van der Waals surface area contributed by atoms with Gasteiger partial charge in [-0.1, -0.05) is 72.4 Å². The Morgan fingerprint density at radius 2 is 1.71 bits per heavy atom. The largest absolute Gasteiger partial charge is 0.507 e. The number of methoxy groups -OCH3 is 1. The third kappa shape index (κ3) is 5.56. The number of thiazole rings is 1. The van der Waals surface area contributed by atoms with Gasteiger partial charge in [0.2, 0.25) is 0 Å². The zero-order valence-corrected chi connectivity index (χ0v) is 24.5. The molecule has 1 aromatic heterocycles. The fourth-order valence-electron chi connectivity index (χ4n) is 4.88. The summed E-state index contributed by atoms with van der Waals surface area (Å²) in [4.78, 5) is 45.2. The van der Waals surface area contributed by atoms with E-state index in [-0.39, 0.29) is 21.3 Å². The number of carbonyl (C=O) groups is 3. The van der Waals surface area contributed by atoms with Gasteiger partial charge in [-0.3, -0.25) is 14.5 Å². The molecular weight excluding hydrogens is 552 g/mol. The lowest BCUT2D eigenvalue weighted by molar-refractivity contribution is -0.132. The highest BCUT2D eigenvalue weighted by atomic mass is 32.1. The molecule has 1 unspecified atom stereocenters. The number of esters is 1. The molecule has 4 aromatic rings. The number of hydrogen-bond acceptors (Lipinski definition) is 8. The molecule has 0 radical (unpaired) electrons. The smallest absolute Gasteiger partial charge is 0.350 e. The quantitative estimate of drug-likeness (QED) is 0.112. The number of amides is 1. The first-order chi connectivity index (χ1) is 20.2. The SMILES string of the molecule is CCc1ccc(C2C(=C(O)c3ccc(OCc4cccc(C)c4)cc3)C(=O)C(=O)N2c2nc(C)c(C(=O)OC)s2)cc1. The molecule has 214 valence electrons.